The minimum atomic E-state index is -4.70. The molecule has 1 aliphatic rings. The highest BCUT2D eigenvalue weighted by molar-refractivity contribution is 7.83. The molecule has 4 atom stereocenters. The first kappa shape index (κ1) is 16.7. The topological polar surface area (TPSA) is 180 Å². The number of rotatable bonds is 5. The number of aliphatic hydroxyl groups is 2. The maximum Gasteiger partial charge on any atom is 0.397 e. The average molecular weight is 323 g/mol. The fourth-order valence-corrected chi connectivity index (χ4v) is 2.46. The zero-order valence-electron chi connectivity index (χ0n) is 9.28. The molecule has 13 heteroatoms. The van der Waals surface area contributed by atoms with Gasteiger partial charge in [-0.25, -0.2) is 4.18 Å². The quantitative estimate of drug-likeness (QED) is 0.328. The molecule has 0 aromatic carbocycles. The molecule has 0 amide bonds. The molecule has 5 N–H and O–H groups in total. The molecule has 0 aromatic heterocycles. The van der Waals surface area contributed by atoms with Crippen molar-refractivity contribution in [3.63, 3.8) is 0 Å². The molecule has 1 saturated heterocycles. The summed E-state index contributed by atoms with van der Waals surface area (Å²) in [6.07, 6.45) is -4.67. The Balaban J connectivity index is 2.61. The Morgan fingerprint density at radius 1 is 1.21 bits per heavy atom. The van der Waals surface area contributed by atoms with Crippen molar-refractivity contribution < 1.29 is 45.1 Å². The lowest BCUT2D eigenvalue weighted by Gasteiger charge is -2.36. The van der Waals surface area contributed by atoms with E-state index in [2.05, 4.69) is 4.18 Å². The van der Waals surface area contributed by atoms with Crippen LogP contribution < -0.4 is 4.72 Å². The van der Waals surface area contributed by atoms with E-state index in [1.54, 1.807) is 4.72 Å². The molecule has 0 saturated carbocycles. The molecule has 1 aliphatic heterocycles. The second kappa shape index (κ2) is 5.94. The standard InChI is InChI=1S/C6H13NO10S2/c8-4-1-3(2-16-19(13,14)15)17-6(9)5(4)7-18(10,11)12/h3-9H,1-2H2,(H,10,11,12)(H,13,14,15)/t3?,4-,5?,6?/m0/s1. The fraction of sp³-hybridized carbons (Fsp3) is 1.00. The van der Waals surface area contributed by atoms with E-state index in [9.17, 15) is 27.0 Å². The predicted octanol–water partition coefficient (Wildman–Crippen LogP) is -2.96. The normalized spacial score (nSPS) is 33.3. The molecule has 1 rings (SSSR count). The van der Waals surface area contributed by atoms with Gasteiger partial charge in [0.05, 0.1) is 18.8 Å². The van der Waals surface area contributed by atoms with E-state index < -0.39 is 51.8 Å². The van der Waals surface area contributed by atoms with Crippen LogP contribution >= 0.6 is 0 Å². The number of hydrogen-bond donors (Lipinski definition) is 5. The van der Waals surface area contributed by atoms with Crippen molar-refractivity contribution in [1.82, 2.24) is 4.72 Å². The molecule has 0 radical (unpaired) electrons. The van der Waals surface area contributed by atoms with Crippen molar-refractivity contribution in [2.75, 3.05) is 6.61 Å². The molecule has 1 fully saturated rings. The van der Waals surface area contributed by atoms with Gasteiger partial charge in [0.25, 0.3) is 0 Å². The summed E-state index contributed by atoms with van der Waals surface area (Å²) in [5.41, 5.74) is 0. The van der Waals surface area contributed by atoms with Crippen LogP contribution in [-0.2, 0) is 29.6 Å². The van der Waals surface area contributed by atoms with Crippen molar-refractivity contribution >= 4 is 20.7 Å². The lowest BCUT2D eigenvalue weighted by atomic mass is 10.0. The lowest BCUT2D eigenvalue weighted by Crippen LogP contribution is -2.57. The highest BCUT2D eigenvalue weighted by Gasteiger charge is 2.39. The first-order valence-corrected chi connectivity index (χ1v) is 7.66. The maximum absolute atomic E-state index is 10.6. The van der Waals surface area contributed by atoms with Gasteiger partial charge in [0, 0.05) is 6.42 Å². The minimum absolute atomic E-state index is 0.292. The van der Waals surface area contributed by atoms with Gasteiger partial charge in [-0.3, -0.25) is 9.11 Å². The maximum atomic E-state index is 10.6. The Kier molecular flexibility index (Phi) is 5.21. The van der Waals surface area contributed by atoms with E-state index >= 15 is 0 Å². The molecule has 114 valence electrons. The summed E-state index contributed by atoms with van der Waals surface area (Å²) in [5.74, 6) is 0. The molecule has 0 aliphatic carbocycles. The van der Waals surface area contributed by atoms with Gasteiger partial charge in [0.1, 0.15) is 6.04 Å². The van der Waals surface area contributed by atoms with Gasteiger partial charge in [-0.2, -0.15) is 21.6 Å². The zero-order chi connectivity index (χ0) is 14.8. The molecule has 3 unspecified atom stereocenters. The Hall–Kier alpha value is -0.380. The molecule has 0 bridgehead atoms. The molecule has 11 nitrogen and oxygen atoms in total. The van der Waals surface area contributed by atoms with Crippen molar-refractivity contribution in [2.24, 2.45) is 0 Å². The summed E-state index contributed by atoms with van der Waals surface area (Å²) in [7, 11) is -9.36. The van der Waals surface area contributed by atoms with Crippen LogP contribution in [0.5, 0.6) is 0 Å². The molecule has 0 spiro atoms. The van der Waals surface area contributed by atoms with Gasteiger partial charge in [-0.05, 0) is 0 Å². The Labute approximate surface area is 109 Å². The summed E-state index contributed by atoms with van der Waals surface area (Å²) in [6, 6.07) is -1.52. The van der Waals surface area contributed by atoms with E-state index in [4.69, 9.17) is 13.8 Å². The third-order valence-corrected chi connectivity index (χ3v) is 3.25. The first-order valence-electron chi connectivity index (χ1n) is 4.86. The summed E-state index contributed by atoms with van der Waals surface area (Å²) in [4.78, 5) is 0. The number of hydrogen-bond acceptors (Lipinski definition) is 8. The predicted molar refractivity (Wildman–Crippen MR) is 57.5 cm³/mol. The minimum Gasteiger partial charge on any atom is -0.391 e. The van der Waals surface area contributed by atoms with E-state index in [-0.39, 0.29) is 6.42 Å². The second-order valence-corrected chi connectivity index (χ2v) is 6.06. The van der Waals surface area contributed by atoms with Crippen LogP contribution in [0.4, 0.5) is 0 Å². The van der Waals surface area contributed by atoms with Crippen molar-refractivity contribution in [3.05, 3.63) is 0 Å². The third kappa shape index (κ3) is 6.07. The summed E-state index contributed by atoms with van der Waals surface area (Å²) < 4.78 is 68.9. The van der Waals surface area contributed by atoms with Gasteiger partial charge >= 0.3 is 20.7 Å². The smallest absolute Gasteiger partial charge is 0.391 e. The number of aliphatic hydroxyl groups excluding tert-OH is 2. The van der Waals surface area contributed by atoms with Crippen molar-refractivity contribution in [3.8, 4) is 0 Å². The van der Waals surface area contributed by atoms with Gasteiger partial charge in [-0.15, -0.1) is 0 Å². The molecule has 1 heterocycles. The van der Waals surface area contributed by atoms with Crippen LogP contribution in [0.15, 0.2) is 0 Å². The highest BCUT2D eigenvalue weighted by Crippen LogP contribution is 2.20. The summed E-state index contributed by atoms with van der Waals surface area (Å²) >= 11 is 0. The lowest BCUT2D eigenvalue weighted by molar-refractivity contribution is -0.209. The largest absolute Gasteiger partial charge is 0.397 e. The van der Waals surface area contributed by atoms with Crippen LogP contribution in [0.25, 0.3) is 0 Å². The van der Waals surface area contributed by atoms with Crippen LogP contribution in [0.1, 0.15) is 6.42 Å². The second-order valence-electron chi connectivity index (χ2n) is 3.78. The SMILES string of the molecule is O=S(=O)(O)NC1C(O)OC(COS(=O)(=O)O)C[C@@H]1O. The van der Waals surface area contributed by atoms with E-state index in [1.807, 2.05) is 0 Å². The third-order valence-electron chi connectivity index (χ3n) is 2.25. The van der Waals surface area contributed by atoms with E-state index in [1.165, 1.54) is 0 Å². The monoisotopic (exact) mass is 323 g/mol. The molecular weight excluding hydrogens is 310 g/mol. The summed E-state index contributed by atoms with van der Waals surface area (Å²) in [5, 5.41) is 19.0. The van der Waals surface area contributed by atoms with Crippen LogP contribution in [-0.4, -0.2) is 67.3 Å². The van der Waals surface area contributed by atoms with Crippen LogP contribution in [0.2, 0.25) is 0 Å². The van der Waals surface area contributed by atoms with Gasteiger partial charge in [0.15, 0.2) is 6.29 Å². The Morgan fingerprint density at radius 2 is 1.79 bits per heavy atom. The van der Waals surface area contributed by atoms with E-state index in [0.29, 0.717) is 0 Å². The Bertz CT molecular complexity index is 488. The molecular formula is C6H13NO10S2. The molecule has 19 heavy (non-hydrogen) atoms. The van der Waals surface area contributed by atoms with Crippen LogP contribution in [0.3, 0.4) is 0 Å². The molecule has 0 aromatic rings. The number of nitrogens with one attached hydrogen (secondary N) is 1. The van der Waals surface area contributed by atoms with Gasteiger partial charge < -0.3 is 14.9 Å². The first-order chi connectivity index (χ1) is 8.48. The average Bonchev–Trinajstić information content (AvgIpc) is 2.18. The highest BCUT2D eigenvalue weighted by atomic mass is 32.3. The number of ether oxygens (including phenoxy) is 1. The van der Waals surface area contributed by atoms with E-state index in [0.717, 1.165) is 0 Å². The van der Waals surface area contributed by atoms with Crippen molar-refractivity contribution in [1.29, 1.82) is 0 Å². The summed E-state index contributed by atoms with van der Waals surface area (Å²) in [6.45, 7) is -0.675. The van der Waals surface area contributed by atoms with Crippen LogP contribution in [0, 0.1) is 0 Å². The van der Waals surface area contributed by atoms with Gasteiger partial charge in [-0.1, -0.05) is 0 Å². The fourth-order valence-electron chi connectivity index (χ4n) is 1.52. The van der Waals surface area contributed by atoms with Gasteiger partial charge in [0.2, 0.25) is 0 Å². The van der Waals surface area contributed by atoms with Crippen molar-refractivity contribution in [2.45, 2.75) is 31.0 Å². The zero-order valence-corrected chi connectivity index (χ0v) is 10.9. The Morgan fingerprint density at radius 3 is 2.21 bits per heavy atom.